The Morgan fingerprint density at radius 3 is 2.60 bits per heavy atom. The van der Waals surface area contributed by atoms with E-state index < -0.39 is 0 Å². The predicted molar refractivity (Wildman–Crippen MR) is 82.2 cm³/mol. The van der Waals surface area contributed by atoms with Gasteiger partial charge in [0.05, 0.1) is 6.93 Å². The van der Waals surface area contributed by atoms with Gasteiger partial charge < -0.3 is 10.0 Å². The minimum atomic E-state index is -0.288. The maximum absolute atomic E-state index is 12.0. The molecule has 0 radical (unpaired) electrons. The fourth-order valence-corrected chi connectivity index (χ4v) is 1.75. The Kier molecular flexibility index (Phi) is 3.78. The molecule has 0 fully saturated rings. The van der Waals surface area contributed by atoms with Crippen molar-refractivity contribution in [2.24, 2.45) is 0 Å². The lowest BCUT2D eigenvalue weighted by Crippen LogP contribution is -2.07. The smallest absolute Gasteiger partial charge is 0.189 e. The van der Waals surface area contributed by atoms with Crippen LogP contribution >= 0.6 is 0 Å². The van der Waals surface area contributed by atoms with Crippen LogP contribution in [0, 0.1) is 0 Å². The number of para-hydroxylation sites is 1. The summed E-state index contributed by atoms with van der Waals surface area (Å²) in [6.07, 6.45) is 2.97. The van der Waals surface area contributed by atoms with Crippen LogP contribution in [0.3, 0.4) is 0 Å². The summed E-state index contributed by atoms with van der Waals surface area (Å²) in [5.41, 5.74) is 1.85. The Balaban J connectivity index is 2.22. The number of anilines is 1. The average molecular weight is 268 g/mol. The maximum atomic E-state index is 12.0. The number of carbonyl (C=O) groups is 1. The van der Waals surface area contributed by atoms with E-state index in [9.17, 15) is 9.90 Å². The van der Waals surface area contributed by atoms with Crippen LogP contribution < -0.4 is 4.90 Å². The van der Waals surface area contributed by atoms with Crippen molar-refractivity contribution in [2.45, 2.75) is 0 Å². The summed E-state index contributed by atoms with van der Waals surface area (Å²) in [6.45, 7) is 0. The van der Waals surface area contributed by atoms with Gasteiger partial charge in [0.15, 0.2) is 5.78 Å². The van der Waals surface area contributed by atoms with Crippen LogP contribution in [0.25, 0.3) is 6.08 Å². The van der Waals surface area contributed by atoms with Crippen LogP contribution in [0.2, 0.25) is 0 Å². The van der Waals surface area contributed by atoms with E-state index in [-0.39, 0.29) is 17.1 Å². The number of rotatable bonds is 4. The number of allylic oxidation sites excluding steroid dienone is 1. The quantitative estimate of drug-likeness (QED) is 0.683. The standard InChI is InChI=1S/C17H17NO2/c1-18(2)14-10-7-13(8-11-14)9-12-17(20)15-5-3-4-6-16(15)19/h3-12,19H,1-2H3/i7D. The molecule has 0 amide bonds. The van der Waals surface area contributed by atoms with Crippen molar-refractivity contribution >= 4 is 17.5 Å². The van der Waals surface area contributed by atoms with Crippen molar-refractivity contribution < 1.29 is 11.3 Å². The van der Waals surface area contributed by atoms with E-state index in [1.165, 1.54) is 12.1 Å². The monoisotopic (exact) mass is 268 g/mol. The lowest BCUT2D eigenvalue weighted by molar-refractivity contribution is 0.104. The molecule has 0 aliphatic rings. The molecule has 2 aromatic rings. The molecule has 0 spiro atoms. The lowest BCUT2D eigenvalue weighted by Gasteiger charge is -2.11. The Bertz CT molecular complexity index is 693. The van der Waals surface area contributed by atoms with Crippen LogP contribution in [0.5, 0.6) is 5.75 Å². The van der Waals surface area contributed by atoms with Crippen LogP contribution in [0.4, 0.5) is 5.69 Å². The number of benzene rings is 2. The fraction of sp³-hybridized carbons (Fsp3) is 0.118. The van der Waals surface area contributed by atoms with E-state index in [2.05, 4.69) is 0 Å². The summed E-state index contributed by atoms with van der Waals surface area (Å²) in [5, 5.41) is 9.63. The molecule has 0 aliphatic heterocycles. The maximum Gasteiger partial charge on any atom is 0.189 e. The number of nitrogens with zero attached hydrogens (tertiary/aromatic N) is 1. The second-order valence-electron chi connectivity index (χ2n) is 4.61. The Morgan fingerprint density at radius 2 is 1.95 bits per heavy atom. The summed E-state index contributed by atoms with van der Waals surface area (Å²) < 4.78 is 7.96. The zero-order valence-electron chi connectivity index (χ0n) is 12.5. The van der Waals surface area contributed by atoms with Crippen molar-refractivity contribution in [3.8, 4) is 5.75 Å². The summed E-state index contributed by atoms with van der Waals surface area (Å²) in [5.74, 6) is -0.328. The first-order valence-corrected chi connectivity index (χ1v) is 6.27. The second-order valence-corrected chi connectivity index (χ2v) is 4.61. The van der Waals surface area contributed by atoms with E-state index in [0.717, 1.165) is 5.69 Å². The van der Waals surface area contributed by atoms with Crippen molar-refractivity contribution in [1.82, 2.24) is 0 Å². The molecule has 0 aromatic heterocycles. The summed E-state index contributed by atoms with van der Waals surface area (Å²) in [7, 11) is 3.82. The molecule has 0 bridgehead atoms. The highest BCUT2D eigenvalue weighted by atomic mass is 16.3. The zero-order valence-corrected chi connectivity index (χ0v) is 11.5. The molecule has 20 heavy (non-hydrogen) atoms. The number of aromatic hydroxyl groups is 1. The third-order valence-corrected chi connectivity index (χ3v) is 2.92. The van der Waals surface area contributed by atoms with Gasteiger partial charge in [0.25, 0.3) is 0 Å². The van der Waals surface area contributed by atoms with Gasteiger partial charge in [-0.3, -0.25) is 4.79 Å². The second kappa shape index (κ2) is 6.06. The van der Waals surface area contributed by atoms with E-state index in [0.29, 0.717) is 11.6 Å². The van der Waals surface area contributed by atoms with Crippen LogP contribution in [-0.2, 0) is 0 Å². The molecule has 3 nitrogen and oxygen atoms in total. The Hall–Kier alpha value is -2.55. The molecule has 0 atom stereocenters. The molecule has 0 heterocycles. The van der Waals surface area contributed by atoms with Gasteiger partial charge >= 0.3 is 0 Å². The summed E-state index contributed by atoms with van der Waals surface area (Å²) in [4.78, 5) is 13.9. The van der Waals surface area contributed by atoms with Gasteiger partial charge in [0.1, 0.15) is 5.75 Å². The van der Waals surface area contributed by atoms with Crippen LogP contribution in [0.1, 0.15) is 17.3 Å². The van der Waals surface area contributed by atoms with Gasteiger partial charge in [-0.2, -0.15) is 0 Å². The van der Waals surface area contributed by atoms with Crippen molar-refractivity contribution in [1.29, 1.82) is 0 Å². The largest absolute Gasteiger partial charge is 0.507 e. The Labute approximate surface area is 120 Å². The number of phenolic OH excluding ortho intramolecular Hbond substituents is 1. The normalized spacial score (nSPS) is 11.4. The predicted octanol–water partition coefficient (Wildman–Crippen LogP) is 3.35. The topological polar surface area (TPSA) is 40.5 Å². The van der Waals surface area contributed by atoms with Crippen molar-refractivity contribution in [2.75, 3.05) is 19.0 Å². The van der Waals surface area contributed by atoms with E-state index in [1.54, 1.807) is 36.4 Å². The molecule has 0 saturated heterocycles. The molecule has 2 aromatic carbocycles. The first-order valence-electron chi connectivity index (χ1n) is 6.77. The lowest BCUT2D eigenvalue weighted by atomic mass is 10.1. The minimum Gasteiger partial charge on any atom is -0.507 e. The first-order chi connectivity index (χ1) is 9.99. The number of carbonyl (C=O) groups excluding carboxylic acids is 1. The van der Waals surface area contributed by atoms with Crippen molar-refractivity contribution in [3.63, 3.8) is 0 Å². The summed E-state index contributed by atoms with van der Waals surface area (Å²) >= 11 is 0. The van der Waals surface area contributed by atoms with Gasteiger partial charge in [0.2, 0.25) is 0 Å². The highest BCUT2D eigenvalue weighted by Gasteiger charge is 2.06. The molecule has 0 unspecified atom stereocenters. The Morgan fingerprint density at radius 1 is 1.20 bits per heavy atom. The van der Waals surface area contributed by atoms with Gasteiger partial charge in [-0.25, -0.2) is 0 Å². The molecule has 0 aliphatic carbocycles. The van der Waals surface area contributed by atoms with E-state index in [4.69, 9.17) is 1.37 Å². The average Bonchev–Trinajstić information content (AvgIpc) is 2.46. The van der Waals surface area contributed by atoms with Gasteiger partial charge in [-0.05, 0) is 35.9 Å². The third kappa shape index (κ3) is 3.26. The van der Waals surface area contributed by atoms with Crippen LogP contribution in [-0.4, -0.2) is 25.0 Å². The highest BCUT2D eigenvalue weighted by molar-refractivity contribution is 6.08. The molecule has 2 rings (SSSR count). The molecule has 3 heteroatoms. The molecule has 102 valence electrons. The van der Waals surface area contributed by atoms with Gasteiger partial charge in [-0.1, -0.05) is 30.3 Å². The zero-order chi connectivity index (χ0) is 15.4. The van der Waals surface area contributed by atoms with E-state index in [1.807, 2.05) is 25.1 Å². The van der Waals surface area contributed by atoms with E-state index >= 15 is 0 Å². The van der Waals surface area contributed by atoms with Gasteiger partial charge in [0, 0.05) is 19.8 Å². The molecular formula is C17H17NO2. The minimum absolute atomic E-state index is 0.0406. The number of phenols is 1. The molecule has 0 saturated carbocycles. The number of hydrogen-bond donors (Lipinski definition) is 1. The molecule has 1 N–H and O–H groups in total. The van der Waals surface area contributed by atoms with Crippen LogP contribution in [0.15, 0.2) is 54.6 Å². The molecular weight excluding hydrogens is 250 g/mol. The third-order valence-electron chi connectivity index (χ3n) is 2.92. The fourth-order valence-electron chi connectivity index (χ4n) is 1.75. The SMILES string of the molecule is [2H]c1cc(N(C)C)ccc1C=CC(=O)c1ccccc1O. The van der Waals surface area contributed by atoms with Crippen molar-refractivity contribution in [3.05, 3.63) is 65.7 Å². The van der Waals surface area contributed by atoms with Gasteiger partial charge in [-0.15, -0.1) is 0 Å². The first kappa shape index (κ1) is 12.5. The number of hydrogen-bond acceptors (Lipinski definition) is 3. The summed E-state index contributed by atoms with van der Waals surface area (Å²) in [6, 6.07) is 12.2. The number of ketones is 1. The highest BCUT2D eigenvalue weighted by Crippen LogP contribution is 2.18.